The van der Waals surface area contributed by atoms with Gasteiger partial charge in [0.05, 0.1) is 12.7 Å². The fraction of sp³-hybridized carbons (Fsp3) is 0.600. The van der Waals surface area contributed by atoms with E-state index in [1.54, 1.807) is 14.2 Å². The molecule has 0 bridgehead atoms. The maximum atomic E-state index is 5.32. The maximum Gasteiger partial charge on any atom is 0.0928 e. The summed E-state index contributed by atoms with van der Waals surface area (Å²) in [5, 5.41) is 3.43. The molecule has 1 unspecified atom stereocenters. The molecule has 0 heterocycles. The average Bonchev–Trinajstić information content (AvgIpc) is 2.31. The molecule has 0 spiro atoms. The molecule has 3 nitrogen and oxygen atoms in total. The molecule has 18 heavy (non-hydrogen) atoms. The lowest BCUT2D eigenvalue weighted by Gasteiger charge is -2.17. The highest BCUT2D eigenvalue weighted by Crippen LogP contribution is 2.15. The molecule has 0 amide bonds. The van der Waals surface area contributed by atoms with E-state index in [0.717, 1.165) is 13.1 Å². The van der Waals surface area contributed by atoms with E-state index in [4.69, 9.17) is 9.47 Å². The molecule has 0 aromatic heterocycles. The summed E-state index contributed by atoms with van der Waals surface area (Å²) in [6.45, 7) is 8.77. The van der Waals surface area contributed by atoms with Crippen LogP contribution in [-0.4, -0.2) is 33.5 Å². The minimum atomic E-state index is 0.112. The van der Waals surface area contributed by atoms with Crippen molar-refractivity contribution in [2.75, 3.05) is 27.4 Å². The Bertz CT molecular complexity index is 354. The quantitative estimate of drug-likeness (QED) is 0.807. The highest BCUT2D eigenvalue weighted by atomic mass is 16.5. The van der Waals surface area contributed by atoms with Gasteiger partial charge < -0.3 is 14.8 Å². The van der Waals surface area contributed by atoms with Gasteiger partial charge in [0.2, 0.25) is 0 Å². The monoisotopic (exact) mass is 251 g/mol. The Balaban J connectivity index is 2.53. The minimum Gasteiger partial charge on any atom is -0.382 e. The number of nitrogens with one attached hydrogen (secondary N) is 1. The summed E-state index contributed by atoms with van der Waals surface area (Å²) >= 11 is 0. The van der Waals surface area contributed by atoms with Crippen molar-refractivity contribution in [1.29, 1.82) is 0 Å². The smallest absolute Gasteiger partial charge is 0.0928 e. The van der Waals surface area contributed by atoms with Crippen molar-refractivity contribution in [3.8, 4) is 0 Å². The molecule has 0 aliphatic heterocycles. The van der Waals surface area contributed by atoms with Gasteiger partial charge in [-0.25, -0.2) is 0 Å². The molecule has 0 radical (unpaired) electrons. The van der Waals surface area contributed by atoms with Crippen LogP contribution in [0.3, 0.4) is 0 Å². The van der Waals surface area contributed by atoms with Gasteiger partial charge in [0.25, 0.3) is 0 Å². The number of hydrogen-bond donors (Lipinski definition) is 1. The first kappa shape index (κ1) is 15.2. The molecule has 0 saturated heterocycles. The van der Waals surface area contributed by atoms with E-state index in [1.807, 2.05) is 0 Å². The van der Waals surface area contributed by atoms with E-state index < -0.39 is 0 Å². The Kier molecular flexibility index (Phi) is 6.33. The van der Waals surface area contributed by atoms with E-state index in [-0.39, 0.29) is 6.10 Å². The first-order valence-corrected chi connectivity index (χ1v) is 6.37. The predicted octanol–water partition coefficient (Wildman–Crippen LogP) is 2.36. The second kappa shape index (κ2) is 7.52. The fourth-order valence-corrected chi connectivity index (χ4v) is 2.24. The van der Waals surface area contributed by atoms with Crippen molar-refractivity contribution in [2.45, 2.75) is 33.4 Å². The third-order valence-electron chi connectivity index (χ3n) is 3.20. The fourth-order valence-electron chi connectivity index (χ4n) is 2.24. The van der Waals surface area contributed by atoms with Crippen LogP contribution >= 0.6 is 0 Å². The van der Waals surface area contributed by atoms with Crippen molar-refractivity contribution >= 4 is 0 Å². The molecule has 0 saturated carbocycles. The number of rotatable bonds is 7. The first-order chi connectivity index (χ1) is 8.58. The van der Waals surface area contributed by atoms with Crippen LogP contribution in [0.15, 0.2) is 12.1 Å². The second-order valence-corrected chi connectivity index (χ2v) is 4.82. The van der Waals surface area contributed by atoms with E-state index in [9.17, 15) is 0 Å². The third-order valence-corrected chi connectivity index (χ3v) is 3.20. The van der Waals surface area contributed by atoms with Crippen LogP contribution in [0.4, 0.5) is 0 Å². The van der Waals surface area contributed by atoms with Crippen LogP contribution in [0.5, 0.6) is 0 Å². The molecule has 1 rings (SSSR count). The minimum absolute atomic E-state index is 0.112. The summed E-state index contributed by atoms with van der Waals surface area (Å²) in [5.74, 6) is 0. The molecule has 0 fully saturated rings. The van der Waals surface area contributed by atoms with Crippen molar-refractivity contribution in [2.24, 2.45) is 0 Å². The molecular weight excluding hydrogens is 226 g/mol. The number of aryl methyl sites for hydroxylation is 3. The maximum absolute atomic E-state index is 5.32. The molecule has 0 aliphatic carbocycles. The Labute approximate surface area is 110 Å². The van der Waals surface area contributed by atoms with Gasteiger partial charge >= 0.3 is 0 Å². The van der Waals surface area contributed by atoms with Gasteiger partial charge in [-0.15, -0.1) is 0 Å². The standard InChI is InChI=1S/C15H25NO2/c1-11-6-12(2)15(13(3)7-11)9-16-8-14(18-5)10-17-4/h6-7,14,16H,8-10H2,1-5H3. The number of methoxy groups -OCH3 is 2. The Morgan fingerprint density at radius 2 is 1.72 bits per heavy atom. The van der Waals surface area contributed by atoms with E-state index in [0.29, 0.717) is 6.61 Å². The molecule has 1 aromatic rings. The summed E-state index contributed by atoms with van der Waals surface area (Å²) in [6.07, 6.45) is 0.112. The predicted molar refractivity (Wildman–Crippen MR) is 75.0 cm³/mol. The topological polar surface area (TPSA) is 30.5 Å². The first-order valence-electron chi connectivity index (χ1n) is 6.37. The van der Waals surface area contributed by atoms with Gasteiger partial charge in [0.15, 0.2) is 0 Å². The summed E-state index contributed by atoms with van der Waals surface area (Å²) in [7, 11) is 3.41. The summed E-state index contributed by atoms with van der Waals surface area (Å²) < 4.78 is 10.4. The normalized spacial score (nSPS) is 12.7. The lowest BCUT2D eigenvalue weighted by Crippen LogP contribution is -2.31. The lowest BCUT2D eigenvalue weighted by atomic mass is 10.00. The van der Waals surface area contributed by atoms with Crippen LogP contribution in [0.1, 0.15) is 22.3 Å². The SMILES string of the molecule is COCC(CNCc1c(C)cc(C)cc1C)OC. The Morgan fingerprint density at radius 3 is 2.22 bits per heavy atom. The van der Waals surface area contributed by atoms with Crippen LogP contribution < -0.4 is 5.32 Å². The van der Waals surface area contributed by atoms with Crippen molar-refractivity contribution in [3.05, 3.63) is 34.4 Å². The van der Waals surface area contributed by atoms with Gasteiger partial charge in [0.1, 0.15) is 0 Å². The lowest BCUT2D eigenvalue weighted by molar-refractivity contribution is 0.0288. The highest BCUT2D eigenvalue weighted by molar-refractivity contribution is 5.37. The van der Waals surface area contributed by atoms with Crippen LogP contribution in [0.25, 0.3) is 0 Å². The van der Waals surface area contributed by atoms with Gasteiger partial charge in [-0.05, 0) is 37.5 Å². The van der Waals surface area contributed by atoms with Crippen LogP contribution in [0, 0.1) is 20.8 Å². The van der Waals surface area contributed by atoms with Crippen LogP contribution in [0.2, 0.25) is 0 Å². The number of ether oxygens (including phenoxy) is 2. The van der Waals surface area contributed by atoms with E-state index in [2.05, 4.69) is 38.2 Å². The number of benzene rings is 1. The van der Waals surface area contributed by atoms with Crippen molar-refractivity contribution in [1.82, 2.24) is 5.32 Å². The molecule has 1 atom stereocenters. The summed E-state index contributed by atoms with van der Waals surface area (Å²) in [6, 6.07) is 4.46. The molecule has 1 aromatic carbocycles. The molecular formula is C15H25NO2. The Morgan fingerprint density at radius 1 is 1.11 bits per heavy atom. The van der Waals surface area contributed by atoms with E-state index >= 15 is 0 Å². The molecule has 102 valence electrons. The number of hydrogen-bond acceptors (Lipinski definition) is 3. The molecule has 1 N–H and O–H groups in total. The zero-order valence-electron chi connectivity index (χ0n) is 12.2. The van der Waals surface area contributed by atoms with Crippen molar-refractivity contribution < 1.29 is 9.47 Å². The van der Waals surface area contributed by atoms with Crippen molar-refractivity contribution in [3.63, 3.8) is 0 Å². The summed E-state index contributed by atoms with van der Waals surface area (Å²) in [5.41, 5.74) is 5.40. The highest BCUT2D eigenvalue weighted by Gasteiger charge is 2.08. The van der Waals surface area contributed by atoms with Gasteiger partial charge in [-0.1, -0.05) is 17.7 Å². The largest absolute Gasteiger partial charge is 0.382 e. The van der Waals surface area contributed by atoms with Gasteiger partial charge in [0, 0.05) is 27.3 Å². The second-order valence-electron chi connectivity index (χ2n) is 4.82. The zero-order valence-corrected chi connectivity index (χ0v) is 12.2. The van der Waals surface area contributed by atoms with Crippen LogP contribution in [-0.2, 0) is 16.0 Å². The van der Waals surface area contributed by atoms with E-state index in [1.165, 1.54) is 22.3 Å². The Hall–Kier alpha value is -0.900. The average molecular weight is 251 g/mol. The van der Waals surface area contributed by atoms with Gasteiger partial charge in [-0.2, -0.15) is 0 Å². The third kappa shape index (κ3) is 4.41. The summed E-state index contributed by atoms with van der Waals surface area (Å²) in [4.78, 5) is 0. The molecule has 0 aliphatic rings. The molecule has 3 heteroatoms. The van der Waals surface area contributed by atoms with Gasteiger partial charge in [-0.3, -0.25) is 0 Å². The zero-order chi connectivity index (χ0) is 13.5.